The third kappa shape index (κ3) is 4.50. The maximum atomic E-state index is 13.1. The van der Waals surface area contributed by atoms with Gasteiger partial charge in [-0.2, -0.15) is 0 Å². The first kappa shape index (κ1) is 18.2. The minimum atomic E-state index is -0.233. The topological polar surface area (TPSA) is 48.5 Å². The van der Waals surface area contributed by atoms with Crippen molar-refractivity contribution in [3.05, 3.63) is 54.0 Å². The molecule has 2 heterocycles. The Kier molecular flexibility index (Phi) is 6.04. The second-order valence-corrected chi connectivity index (χ2v) is 6.47. The Balaban J connectivity index is 1.58. The molecular formula is C20H25FN4O. The number of unbranched alkanes of at least 4 members (excludes halogenated alkanes) is 1. The third-order valence-corrected chi connectivity index (χ3v) is 4.60. The van der Waals surface area contributed by atoms with Crippen LogP contribution in [-0.2, 0) is 0 Å². The summed E-state index contributed by atoms with van der Waals surface area (Å²) in [5, 5.41) is 3.26. The van der Waals surface area contributed by atoms with E-state index in [4.69, 9.17) is 0 Å². The molecule has 2 aromatic rings. The van der Waals surface area contributed by atoms with Gasteiger partial charge in [-0.15, -0.1) is 0 Å². The Morgan fingerprint density at radius 3 is 2.58 bits per heavy atom. The molecule has 0 bridgehead atoms. The van der Waals surface area contributed by atoms with E-state index >= 15 is 0 Å². The minimum absolute atomic E-state index is 0.0321. The lowest BCUT2D eigenvalue weighted by Crippen LogP contribution is -2.48. The molecule has 1 fully saturated rings. The SMILES string of the molecule is CCCCNc1cc(C(=O)N2CCN(c3ccc(F)cc3)CC2)ccn1. The minimum Gasteiger partial charge on any atom is -0.370 e. The van der Waals surface area contributed by atoms with Crippen LogP contribution in [0.1, 0.15) is 30.1 Å². The summed E-state index contributed by atoms with van der Waals surface area (Å²) in [4.78, 5) is 21.1. The number of hydrogen-bond donors (Lipinski definition) is 1. The number of carbonyl (C=O) groups is 1. The zero-order valence-corrected chi connectivity index (χ0v) is 15.1. The first-order chi connectivity index (χ1) is 12.7. The molecule has 5 nitrogen and oxygen atoms in total. The van der Waals surface area contributed by atoms with Gasteiger partial charge in [0, 0.05) is 50.2 Å². The largest absolute Gasteiger partial charge is 0.370 e. The van der Waals surface area contributed by atoms with Crippen LogP contribution in [0.15, 0.2) is 42.6 Å². The molecule has 0 atom stereocenters. The van der Waals surface area contributed by atoms with Crippen LogP contribution in [0.5, 0.6) is 0 Å². The normalized spacial score (nSPS) is 14.4. The van der Waals surface area contributed by atoms with Gasteiger partial charge in [-0.1, -0.05) is 13.3 Å². The number of nitrogens with zero attached hydrogens (tertiary/aromatic N) is 3. The number of amides is 1. The molecule has 1 aliphatic rings. The van der Waals surface area contributed by atoms with Gasteiger partial charge in [0.25, 0.3) is 5.91 Å². The van der Waals surface area contributed by atoms with Gasteiger partial charge in [-0.3, -0.25) is 4.79 Å². The van der Waals surface area contributed by atoms with Gasteiger partial charge in [0.15, 0.2) is 0 Å². The van der Waals surface area contributed by atoms with E-state index in [9.17, 15) is 9.18 Å². The molecule has 1 N–H and O–H groups in total. The summed E-state index contributed by atoms with van der Waals surface area (Å²) in [7, 11) is 0. The number of nitrogens with one attached hydrogen (secondary N) is 1. The second-order valence-electron chi connectivity index (χ2n) is 6.47. The zero-order chi connectivity index (χ0) is 18.4. The molecule has 0 aliphatic carbocycles. The zero-order valence-electron chi connectivity index (χ0n) is 15.1. The van der Waals surface area contributed by atoms with E-state index in [2.05, 4.69) is 22.1 Å². The Hall–Kier alpha value is -2.63. The number of pyridine rings is 1. The molecule has 1 amide bonds. The summed E-state index contributed by atoms with van der Waals surface area (Å²) >= 11 is 0. The number of rotatable bonds is 6. The number of halogens is 1. The fourth-order valence-corrected chi connectivity index (χ4v) is 3.06. The fourth-order valence-electron chi connectivity index (χ4n) is 3.06. The highest BCUT2D eigenvalue weighted by molar-refractivity contribution is 5.95. The van der Waals surface area contributed by atoms with E-state index in [0.29, 0.717) is 18.7 Å². The highest BCUT2D eigenvalue weighted by atomic mass is 19.1. The lowest BCUT2D eigenvalue weighted by molar-refractivity contribution is 0.0746. The molecular weight excluding hydrogens is 331 g/mol. The highest BCUT2D eigenvalue weighted by Gasteiger charge is 2.22. The van der Waals surface area contributed by atoms with E-state index in [1.165, 1.54) is 12.1 Å². The molecule has 1 aliphatic heterocycles. The number of carbonyl (C=O) groups excluding carboxylic acids is 1. The highest BCUT2D eigenvalue weighted by Crippen LogP contribution is 2.18. The summed E-state index contributed by atoms with van der Waals surface area (Å²) < 4.78 is 13.1. The summed E-state index contributed by atoms with van der Waals surface area (Å²) in [6, 6.07) is 10.1. The van der Waals surface area contributed by atoms with E-state index < -0.39 is 0 Å². The number of benzene rings is 1. The standard InChI is InChI=1S/C20H25FN4O/c1-2-3-9-22-19-15-16(8-10-23-19)20(26)25-13-11-24(12-14-25)18-6-4-17(21)5-7-18/h4-8,10,15H,2-3,9,11-14H2,1H3,(H,22,23). The average molecular weight is 356 g/mol. The summed E-state index contributed by atoms with van der Waals surface area (Å²) in [5.41, 5.74) is 1.65. The number of aromatic nitrogens is 1. The molecule has 0 saturated carbocycles. The third-order valence-electron chi connectivity index (χ3n) is 4.60. The quantitative estimate of drug-likeness (QED) is 0.806. The molecule has 26 heavy (non-hydrogen) atoms. The predicted octanol–water partition coefficient (Wildman–Crippen LogP) is 3.40. The Morgan fingerprint density at radius 1 is 1.15 bits per heavy atom. The van der Waals surface area contributed by atoms with Crippen molar-refractivity contribution < 1.29 is 9.18 Å². The van der Waals surface area contributed by atoms with E-state index in [-0.39, 0.29) is 11.7 Å². The second kappa shape index (κ2) is 8.65. The van der Waals surface area contributed by atoms with Gasteiger partial charge in [0.1, 0.15) is 11.6 Å². The van der Waals surface area contributed by atoms with Crippen LogP contribution in [0.4, 0.5) is 15.9 Å². The number of anilines is 2. The van der Waals surface area contributed by atoms with Gasteiger partial charge in [-0.05, 0) is 42.8 Å². The summed E-state index contributed by atoms with van der Waals surface area (Å²) in [5.74, 6) is 0.544. The molecule has 0 unspecified atom stereocenters. The lowest BCUT2D eigenvalue weighted by atomic mass is 10.2. The smallest absolute Gasteiger partial charge is 0.254 e. The monoisotopic (exact) mass is 356 g/mol. The molecule has 1 aromatic carbocycles. The van der Waals surface area contributed by atoms with E-state index in [1.54, 1.807) is 24.4 Å². The van der Waals surface area contributed by atoms with Crippen LogP contribution in [-0.4, -0.2) is 48.5 Å². The van der Waals surface area contributed by atoms with Crippen LogP contribution in [0, 0.1) is 5.82 Å². The Labute approximate surface area is 153 Å². The first-order valence-corrected chi connectivity index (χ1v) is 9.17. The van der Waals surface area contributed by atoms with Crippen LogP contribution in [0.25, 0.3) is 0 Å². The maximum absolute atomic E-state index is 13.1. The van der Waals surface area contributed by atoms with Crippen LogP contribution < -0.4 is 10.2 Å². The van der Waals surface area contributed by atoms with Crippen molar-refractivity contribution in [2.45, 2.75) is 19.8 Å². The van der Waals surface area contributed by atoms with Crippen molar-refractivity contribution in [2.75, 3.05) is 42.9 Å². The van der Waals surface area contributed by atoms with Gasteiger partial charge >= 0.3 is 0 Å². The van der Waals surface area contributed by atoms with Crippen LogP contribution >= 0.6 is 0 Å². The van der Waals surface area contributed by atoms with Crippen molar-refractivity contribution >= 4 is 17.4 Å². The fraction of sp³-hybridized carbons (Fsp3) is 0.400. The van der Waals surface area contributed by atoms with E-state index in [0.717, 1.165) is 44.0 Å². The van der Waals surface area contributed by atoms with Crippen molar-refractivity contribution in [1.29, 1.82) is 0 Å². The Morgan fingerprint density at radius 2 is 1.88 bits per heavy atom. The average Bonchev–Trinajstić information content (AvgIpc) is 2.69. The van der Waals surface area contributed by atoms with Crippen LogP contribution in [0.2, 0.25) is 0 Å². The van der Waals surface area contributed by atoms with Gasteiger partial charge in [-0.25, -0.2) is 9.37 Å². The molecule has 138 valence electrons. The Bertz CT molecular complexity index is 727. The summed E-state index contributed by atoms with van der Waals surface area (Å²) in [6.07, 6.45) is 3.87. The molecule has 1 saturated heterocycles. The van der Waals surface area contributed by atoms with Crippen molar-refractivity contribution in [1.82, 2.24) is 9.88 Å². The van der Waals surface area contributed by atoms with E-state index in [1.807, 2.05) is 11.0 Å². The predicted molar refractivity (Wildman–Crippen MR) is 102 cm³/mol. The van der Waals surface area contributed by atoms with Crippen LogP contribution in [0.3, 0.4) is 0 Å². The van der Waals surface area contributed by atoms with Crippen molar-refractivity contribution in [2.24, 2.45) is 0 Å². The number of hydrogen-bond acceptors (Lipinski definition) is 4. The van der Waals surface area contributed by atoms with Gasteiger partial charge < -0.3 is 15.1 Å². The molecule has 0 radical (unpaired) electrons. The van der Waals surface area contributed by atoms with Gasteiger partial charge in [0.05, 0.1) is 0 Å². The molecule has 3 rings (SSSR count). The van der Waals surface area contributed by atoms with Crippen molar-refractivity contribution in [3.63, 3.8) is 0 Å². The number of piperazine rings is 1. The summed E-state index contributed by atoms with van der Waals surface area (Å²) in [6.45, 7) is 5.78. The maximum Gasteiger partial charge on any atom is 0.254 e. The molecule has 6 heteroatoms. The van der Waals surface area contributed by atoms with Crippen molar-refractivity contribution in [3.8, 4) is 0 Å². The lowest BCUT2D eigenvalue weighted by Gasteiger charge is -2.36. The molecule has 0 spiro atoms. The first-order valence-electron chi connectivity index (χ1n) is 9.17. The van der Waals surface area contributed by atoms with Gasteiger partial charge in [0.2, 0.25) is 0 Å². The molecule has 1 aromatic heterocycles.